The van der Waals surface area contributed by atoms with E-state index in [1.54, 1.807) is 0 Å². The van der Waals surface area contributed by atoms with Crippen LogP contribution < -0.4 is 0 Å². The minimum atomic E-state index is -0.512. The molecule has 0 bridgehead atoms. The van der Waals surface area contributed by atoms with E-state index in [2.05, 4.69) is 0 Å². The van der Waals surface area contributed by atoms with Gasteiger partial charge in [-0.15, -0.1) is 11.6 Å². The zero-order chi connectivity index (χ0) is 10.8. The third-order valence-electron chi connectivity index (χ3n) is 2.76. The summed E-state index contributed by atoms with van der Waals surface area (Å²) >= 11 is 6.12. The normalized spacial score (nSPS) is 17.8. The number of rotatable bonds is 4. The van der Waals surface area contributed by atoms with Crippen LogP contribution in [0.5, 0.6) is 0 Å². The number of halogens is 3. The molecule has 3 heteroatoms. The van der Waals surface area contributed by atoms with Gasteiger partial charge in [-0.05, 0) is 49.3 Å². The van der Waals surface area contributed by atoms with Crippen molar-refractivity contribution >= 4 is 11.6 Å². The van der Waals surface area contributed by atoms with Crippen LogP contribution in [0, 0.1) is 17.6 Å². The molecule has 1 fully saturated rings. The first-order valence-electron chi connectivity index (χ1n) is 5.24. The van der Waals surface area contributed by atoms with Crippen LogP contribution in [-0.4, -0.2) is 5.38 Å². The van der Waals surface area contributed by atoms with E-state index in [0.717, 1.165) is 12.5 Å². The van der Waals surface area contributed by atoms with E-state index in [0.29, 0.717) is 17.9 Å². The molecule has 0 aromatic heterocycles. The minimum Gasteiger partial charge on any atom is -0.207 e. The molecular weight excluding hydrogens is 218 g/mol. The van der Waals surface area contributed by atoms with E-state index in [4.69, 9.17) is 11.6 Å². The highest BCUT2D eigenvalue weighted by Gasteiger charge is 2.29. The summed E-state index contributed by atoms with van der Waals surface area (Å²) in [7, 11) is 0. The topological polar surface area (TPSA) is 0 Å². The third kappa shape index (κ3) is 3.16. The van der Waals surface area contributed by atoms with Crippen LogP contribution in [-0.2, 0) is 6.42 Å². The maximum atomic E-state index is 12.9. The van der Waals surface area contributed by atoms with Gasteiger partial charge in [0.2, 0.25) is 0 Å². The minimum absolute atomic E-state index is 0.163. The Hall–Kier alpha value is -0.630. The molecule has 0 spiro atoms. The lowest BCUT2D eigenvalue weighted by Crippen LogP contribution is -2.03. The van der Waals surface area contributed by atoms with Gasteiger partial charge in [0.05, 0.1) is 0 Å². The number of aryl methyl sites for hydroxylation is 1. The second-order valence-electron chi connectivity index (χ2n) is 4.17. The SMILES string of the molecule is Fc1cc(F)cc(CCC(Cl)C2CC2)c1. The van der Waals surface area contributed by atoms with Crippen molar-refractivity contribution in [3.63, 3.8) is 0 Å². The Balaban J connectivity index is 1.91. The van der Waals surface area contributed by atoms with E-state index in [1.807, 2.05) is 0 Å². The monoisotopic (exact) mass is 230 g/mol. The van der Waals surface area contributed by atoms with Crippen molar-refractivity contribution in [2.75, 3.05) is 0 Å². The highest BCUT2D eigenvalue weighted by atomic mass is 35.5. The van der Waals surface area contributed by atoms with Crippen molar-refractivity contribution in [2.45, 2.75) is 31.1 Å². The van der Waals surface area contributed by atoms with Gasteiger partial charge in [0, 0.05) is 11.4 Å². The molecule has 1 aromatic rings. The molecule has 0 aliphatic heterocycles. The lowest BCUT2D eigenvalue weighted by Gasteiger charge is -2.07. The van der Waals surface area contributed by atoms with Crippen LogP contribution >= 0.6 is 11.6 Å². The highest BCUT2D eigenvalue weighted by Crippen LogP contribution is 2.37. The summed E-state index contributed by atoms with van der Waals surface area (Å²) in [4.78, 5) is 0. The van der Waals surface area contributed by atoms with Gasteiger partial charge >= 0.3 is 0 Å². The van der Waals surface area contributed by atoms with E-state index >= 15 is 0 Å². The zero-order valence-corrected chi connectivity index (χ0v) is 9.11. The van der Waals surface area contributed by atoms with Gasteiger partial charge in [0.15, 0.2) is 0 Å². The first-order valence-corrected chi connectivity index (χ1v) is 5.68. The van der Waals surface area contributed by atoms with Crippen LogP contribution in [0.3, 0.4) is 0 Å². The van der Waals surface area contributed by atoms with Crippen LogP contribution in [0.25, 0.3) is 0 Å². The fraction of sp³-hybridized carbons (Fsp3) is 0.500. The van der Waals surface area contributed by atoms with Crippen LogP contribution in [0.4, 0.5) is 8.78 Å². The second kappa shape index (κ2) is 4.48. The Morgan fingerprint density at radius 2 is 1.80 bits per heavy atom. The maximum absolute atomic E-state index is 12.9. The molecule has 1 atom stereocenters. The summed E-state index contributed by atoms with van der Waals surface area (Å²) in [5.74, 6) is -0.393. The molecule has 0 nitrogen and oxygen atoms in total. The maximum Gasteiger partial charge on any atom is 0.126 e. The standard InChI is InChI=1S/C12H13ClF2/c13-12(9-2-3-9)4-1-8-5-10(14)7-11(15)6-8/h5-7,9,12H,1-4H2. The van der Waals surface area contributed by atoms with Crippen molar-refractivity contribution in [3.8, 4) is 0 Å². The number of benzene rings is 1. The van der Waals surface area contributed by atoms with Gasteiger partial charge in [-0.1, -0.05) is 0 Å². The van der Waals surface area contributed by atoms with Crippen molar-refractivity contribution in [1.29, 1.82) is 0 Å². The molecule has 1 saturated carbocycles. The highest BCUT2D eigenvalue weighted by molar-refractivity contribution is 6.20. The van der Waals surface area contributed by atoms with Crippen molar-refractivity contribution in [1.82, 2.24) is 0 Å². The van der Waals surface area contributed by atoms with Crippen LogP contribution in [0.1, 0.15) is 24.8 Å². The molecule has 15 heavy (non-hydrogen) atoms. The summed E-state index contributed by atoms with van der Waals surface area (Å²) in [6.45, 7) is 0. The Kier molecular flexibility index (Phi) is 3.25. The Morgan fingerprint density at radius 1 is 1.20 bits per heavy atom. The fourth-order valence-corrected chi connectivity index (χ4v) is 2.11. The largest absolute Gasteiger partial charge is 0.207 e. The van der Waals surface area contributed by atoms with Gasteiger partial charge < -0.3 is 0 Å². The summed E-state index contributed by atoms with van der Waals surface area (Å²) in [6, 6.07) is 3.64. The molecule has 0 radical (unpaired) electrons. The molecule has 0 N–H and O–H groups in total. The molecular formula is C12H13ClF2. The summed E-state index contributed by atoms with van der Waals surface area (Å²) in [5.41, 5.74) is 0.693. The third-order valence-corrected chi connectivity index (χ3v) is 3.34. The molecule has 1 aromatic carbocycles. The van der Waals surface area contributed by atoms with Gasteiger partial charge in [-0.2, -0.15) is 0 Å². The van der Waals surface area contributed by atoms with Gasteiger partial charge in [0.25, 0.3) is 0 Å². The Bertz CT molecular complexity index is 327. The molecule has 2 rings (SSSR count). The van der Waals surface area contributed by atoms with E-state index in [-0.39, 0.29) is 5.38 Å². The molecule has 1 aliphatic carbocycles. The van der Waals surface area contributed by atoms with E-state index in [1.165, 1.54) is 25.0 Å². The molecule has 0 saturated heterocycles. The van der Waals surface area contributed by atoms with Crippen molar-refractivity contribution in [2.24, 2.45) is 5.92 Å². The Labute approximate surface area is 93.2 Å². The molecule has 0 amide bonds. The first kappa shape index (κ1) is 10.9. The van der Waals surface area contributed by atoms with E-state index in [9.17, 15) is 8.78 Å². The summed E-state index contributed by atoms with van der Waals surface area (Å²) < 4.78 is 25.7. The second-order valence-corrected chi connectivity index (χ2v) is 4.73. The zero-order valence-electron chi connectivity index (χ0n) is 8.35. The van der Waals surface area contributed by atoms with Gasteiger partial charge in [-0.25, -0.2) is 8.78 Å². The average molecular weight is 231 g/mol. The van der Waals surface area contributed by atoms with Crippen LogP contribution in [0.2, 0.25) is 0 Å². The van der Waals surface area contributed by atoms with Crippen LogP contribution in [0.15, 0.2) is 18.2 Å². The number of hydrogen-bond donors (Lipinski definition) is 0. The summed E-state index contributed by atoms with van der Waals surface area (Å²) in [6.07, 6.45) is 3.85. The predicted octanol–water partition coefficient (Wildman–Crippen LogP) is 3.91. The first-order chi connectivity index (χ1) is 7.15. The molecule has 1 aliphatic rings. The molecule has 82 valence electrons. The summed E-state index contributed by atoms with van der Waals surface area (Å²) in [5, 5.41) is 0.163. The van der Waals surface area contributed by atoms with Gasteiger partial charge in [0.1, 0.15) is 11.6 Å². The lowest BCUT2D eigenvalue weighted by molar-refractivity contribution is 0.577. The number of hydrogen-bond acceptors (Lipinski definition) is 0. The predicted molar refractivity (Wildman–Crippen MR) is 57.0 cm³/mol. The number of alkyl halides is 1. The Morgan fingerprint density at radius 3 is 2.33 bits per heavy atom. The quantitative estimate of drug-likeness (QED) is 0.688. The van der Waals surface area contributed by atoms with Crippen molar-refractivity contribution < 1.29 is 8.78 Å². The average Bonchev–Trinajstić information content (AvgIpc) is 2.95. The molecule has 1 unspecified atom stereocenters. The smallest absolute Gasteiger partial charge is 0.126 e. The lowest BCUT2D eigenvalue weighted by atomic mass is 10.1. The van der Waals surface area contributed by atoms with Crippen molar-refractivity contribution in [3.05, 3.63) is 35.4 Å². The molecule has 0 heterocycles. The fourth-order valence-electron chi connectivity index (χ4n) is 1.75. The van der Waals surface area contributed by atoms with Gasteiger partial charge in [-0.3, -0.25) is 0 Å². The van der Waals surface area contributed by atoms with E-state index < -0.39 is 11.6 Å².